The number of aryl methyl sites for hydroxylation is 1. The maximum atomic E-state index is 9.73. The van der Waals surface area contributed by atoms with E-state index in [2.05, 4.69) is 32.9 Å². The minimum absolute atomic E-state index is 0.472. The van der Waals surface area contributed by atoms with Crippen LogP contribution in [0.3, 0.4) is 0 Å². The first-order chi connectivity index (χ1) is 17.7. The van der Waals surface area contributed by atoms with Crippen molar-refractivity contribution in [1.29, 1.82) is 10.5 Å². The van der Waals surface area contributed by atoms with Crippen LogP contribution in [0.4, 0.5) is 11.5 Å². The molecule has 9 heteroatoms. The maximum Gasteiger partial charge on any atom is 0.186 e. The van der Waals surface area contributed by atoms with Gasteiger partial charge in [0.05, 0.1) is 16.8 Å². The fourth-order valence-corrected chi connectivity index (χ4v) is 6.15. The molecular weight excluding hydrogens is 472 g/mol. The molecule has 8 nitrogen and oxygen atoms in total. The fourth-order valence-electron chi connectivity index (χ4n) is 5.10. The van der Waals surface area contributed by atoms with Crippen molar-refractivity contribution in [2.24, 2.45) is 0 Å². The number of ether oxygens (including phenoxy) is 2. The standard InChI is InChI=1S/C27H32N6O2S/c1-20-17-24(33-7-3-2-4-8-33)30-27(22(20)19-29)36-16-13-31-9-11-32(12-10-31)23-6-5-21(18-28)25-26(23)35-15-14-34-25/h5-6,17H,2-4,7-16H2,1H3. The van der Waals surface area contributed by atoms with Crippen molar-refractivity contribution < 1.29 is 9.47 Å². The first kappa shape index (κ1) is 24.5. The van der Waals surface area contributed by atoms with E-state index in [0.29, 0.717) is 35.8 Å². The number of fused-ring (bicyclic) bond motifs is 1. The zero-order chi connectivity index (χ0) is 24.9. The average Bonchev–Trinajstić information content (AvgIpc) is 2.93. The van der Waals surface area contributed by atoms with E-state index in [9.17, 15) is 10.5 Å². The molecule has 36 heavy (non-hydrogen) atoms. The molecule has 1 aromatic heterocycles. The molecule has 0 aliphatic carbocycles. The molecule has 2 saturated heterocycles. The minimum Gasteiger partial charge on any atom is -0.485 e. The van der Waals surface area contributed by atoms with Crippen LogP contribution in [-0.2, 0) is 0 Å². The SMILES string of the molecule is Cc1cc(N2CCCCC2)nc(SCCN2CCN(c3ccc(C#N)c4c3OCCO4)CC2)c1C#N. The topological polar surface area (TPSA) is 88.7 Å². The molecule has 0 bridgehead atoms. The Hall–Kier alpha value is -3.14. The summed E-state index contributed by atoms with van der Waals surface area (Å²) in [5, 5.41) is 20.0. The molecule has 0 unspecified atom stereocenters. The van der Waals surface area contributed by atoms with E-state index in [0.717, 1.165) is 73.7 Å². The van der Waals surface area contributed by atoms with E-state index in [1.165, 1.54) is 19.3 Å². The van der Waals surface area contributed by atoms with Crippen LogP contribution in [0.1, 0.15) is 36.0 Å². The Morgan fingerprint density at radius 1 is 0.917 bits per heavy atom. The number of nitriles is 2. The molecule has 4 heterocycles. The number of hydrogen-bond acceptors (Lipinski definition) is 9. The maximum absolute atomic E-state index is 9.73. The van der Waals surface area contributed by atoms with Crippen molar-refractivity contribution in [3.63, 3.8) is 0 Å². The highest BCUT2D eigenvalue weighted by Crippen LogP contribution is 2.42. The van der Waals surface area contributed by atoms with Gasteiger partial charge >= 0.3 is 0 Å². The van der Waals surface area contributed by atoms with Gasteiger partial charge in [0.2, 0.25) is 0 Å². The first-order valence-corrected chi connectivity index (χ1v) is 13.8. The molecule has 3 aliphatic heterocycles. The van der Waals surface area contributed by atoms with Crippen molar-refractivity contribution in [2.75, 3.05) is 74.6 Å². The summed E-state index contributed by atoms with van der Waals surface area (Å²) >= 11 is 1.69. The summed E-state index contributed by atoms with van der Waals surface area (Å²) in [5.41, 5.74) is 3.25. The quantitative estimate of drug-likeness (QED) is 0.545. The second-order valence-corrected chi connectivity index (χ2v) is 10.5. The number of pyridine rings is 1. The van der Waals surface area contributed by atoms with Gasteiger partial charge in [0.15, 0.2) is 11.5 Å². The molecule has 0 N–H and O–H groups in total. The third-order valence-electron chi connectivity index (χ3n) is 7.11. The van der Waals surface area contributed by atoms with Crippen LogP contribution in [0.25, 0.3) is 0 Å². The first-order valence-electron chi connectivity index (χ1n) is 12.8. The molecule has 188 valence electrons. The summed E-state index contributed by atoms with van der Waals surface area (Å²) in [5.74, 6) is 3.18. The zero-order valence-electron chi connectivity index (χ0n) is 20.8. The number of benzene rings is 1. The van der Waals surface area contributed by atoms with Crippen LogP contribution in [0.2, 0.25) is 0 Å². The van der Waals surface area contributed by atoms with E-state index in [-0.39, 0.29) is 0 Å². The lowest BCUT2D eigenvalue weighted by Crippen LogP contribution is -2.47. The summed E-state index contributed by atoms with van der Waals surface area (Å²) in [7, 11) is 0. The number of thioether (sulfide) groups is 1. The third kappa shape index (κ3) is 5.18. The van der Waals surface area contributed by atoms with Gasteiger partial charge in [-0.1, -0.05) is 0 Å². The molecule has 0 amide bonds. The number of piperazine rings is 1. The van der Waals surface area contributed by atoms with Gasteiger partial charge in [-0.25, -0.2) is 4.98 Å². The molecule has 0 radical (unpaired) electrons. The lowest BCUT2D eigenvalue weighted by Gasteiger charge is -2.37. The molecular formula is C27H32N6O2S. The number of hydrogen-bond donors (Lipinski definition) is 0. The molecule has 2 fully saturated rings. The average molecular weight is 505 g/mol. The zero-order valence-corrected chi connectivity index (χ0v) is 21.6. The van der Waals surface area contributed by atoms with Crippen LogP contribution >= 0.6 is 11.8 Å². The molecule has 0 saturated carbocycles. The Morgan fingerprint density at radius 3 is 2.39 bits per heavy atom. The van der Waals surface area contributed by atoms with Gasteiger partial charge in [-0.3, -0.25) is 4.90 Å². The molecule has 3 aliphatic rings. The number of anilines is 2. The number of piperidine rings is 1. The van der Waals surface area contributed by atoms with Gasteiger partial charge in [0, 0.05) is 51.6 Å². The minimum atomic E-state index is 0.472. The predicted octanol–water partition coefficient (Wildman–Crippen LogP) is 3.81. The van der Waals surface area contributed by atoms with Crippen molar-refractivity contribution in [3.8, 4) is 23.6 Å². The summed E-state index contributed by atoms with van der Waals surface area (Å²) in [6.07, 6.45) is 3.70. The monoisotopic (exact) mass is 504 g/mol. The normalized spacial score (nSPS) is 18.0. The summed E-state index contributed by atoms with van der Waals surface area (Å²) < 4.78 is 11.7. The van der Waals surface area contributed by atoms with Gasteiger partial charge in [-0.15, -0.1) is 11.8 Å². The summed E-state index contributed by atoms with van der Waals surface area (Å²) in [4.78, 5) is 12.0. The van der Waals surface area contributed by atoms with E-state index in [4.69, 9.17) is 14.5 Å². The molecule has 0 atom stereocenters. The number of nitrogens with zero attached hydrogens (tertiary/aromatic N) is 6. The van der Waals surface area contributed by atoms with Crippen LogP contribution in [0.5, 0.6) is 11.5 Å². The van der Waals surface area contributed by atoms with Gasteiger partial charge in [0.25, 0.3) is 0 Å². The Bertz CT molecular complexity index is 1180. The van der Waals surface area contributed by atoms with Crippen molar-refractivity contribution in [3.05, 3.63) is 34.9 Å². The largest absolute Gasteiger partial charge is 0.485 e. The highest BCUT2D eigenvalue weighted by molar-refractivity contribution is 7.99. The van der Waals surface area contributed by atoms with Crippen LogP contribution < -0.4 is 19.3 Å². The van der Waals surface area contributed by atoms with Crippen LogP contribution in [0.15, 0.2) is 23.2 Å². The summed E-state index contributed by atoms with van der Waals surface area (Å²) in [6.45, 7) is 9.70. The number of aromatic nitrogens is 1. The second kappa shape index (κ2) is 11.3. The number of rotatable bonds is 6. The molecule has 1 aromatic carbocycles. The fraction of sp³-hybridized carbons (Fsp3) is 0.519. The molecule has 0 spiro atoms. The van der Waals surface area contributed by atoms with Gasteiger partial charge in [-0.2, -0.15) is 10.5 Å². The molecule has 5 rings (SSSR count). The van der Waals surface area contributed by atoms with E-state index in [1.54, 1.807) is 11.8 Å². The predicted molar refractivity (Wildman–Crippen MR) is 141 cm³/mol. The van der Waals surface area contributed by atoms with E-state index >= 15 is 0 Å². The second-order valence-electron chi connectivity index (χ2n) is 9.41. The highest BCUT2D eigenvalue weighted by Gasteiger charge is 2.26. The third-order valence-corrected chi connectivity index (χ3v) is 8.06. The van der Waals surface area contributed by atoms with Crippen LogP contribution in [0, 0.1) is 29.6 Å². The lowest BCUT2D eigenvalue weighted by atomic mass is 10.1. The Morgan fingerprint density at radius 2 is 1.67 bits per heavy atom. The van der Waals surface area contributed by atoms with Gasteiger partial charge in [-0.05, 0) is 49.9 Å². The Balaban J connectivity index is 1.18. The van der Waals surface area contributed by atoms with Gasteiger partial charge in [0.1, 0.15) is 36.2 Å². The van der Waals surface area contributed by atoms with Crippen molar-refractivity contribution in [1.82, 2.24) is 9.88 Å². The van der Waals surface area contributed by atoms with E-state index < -0.39 is 0 Å². The van der Waals surface area contributed by atoms with Gasteiger partial charge < -0.3 is 19.3 Å². The highest BCUT2D eigenvalue weighted by atomic mass is 32.2. The Labute approximate surface area is 217 Å². The smallest absolute Gasteiger partial charge is 0.186 e. The molecule has 2 aromatic rings. The Kier molecular flexibility index (Phi) is 7.69. The lowest BCUT2D eigenvalue weighted by molar-refractivity contribution is 0.171. The van der Waals surface area contributed by atoms with Crippen molar-refractivity contribution in [2.45, 2.75) is 31.2 Å². The van der Waals surface area contributed by atoms with E-state index in [1.807, 2.05) is 19.1 Å². The van der Waals surface area contributed by atoms with Crippen LogP contribution in [-0.4, -0.2) is 74.7 Å². The summed E-state index contributed by atoms with van der Waals surface area (Å²) in [6, 6.07) is 10.5. The van der Waals surface area contributed by atoms with Crippen molar-refractivity contribution >= 4 is 23.3 Å².